The lowest BCUT2D eigenvalue weighted by molar-refractivity contribution is 0.0600. The standard InChI is InChI=1S/C17H13N3O4/c1-23-17(22)13-8-12(9-18-10-13)15(21)20-14-4-2-11(3-5-14)16-19-6-7-24-16/h2-10H,1H3,(H,20,21). The molecular weight excluding hydrogens is 310 g/mol. The Kier molecular flexibility index (Phi) is 4.33. The maximum Gasteiger partial charge on any atom is 0.339 e. The maximum atomic E-state index is 12.3. The number of ether oxygens (including phenoxy) is 1. The molecule has 0 radical (unpaired) electrons. The van der Waals surface area contributed by atoms with E-state index in [1.807, 2.05) is 0 Å². The second-order valence-corrected chi connectivity index (χ2v) is 4.82. The predicted molar refractivity (Wildman–Crippen MR) is 85.5 cm³/mol. The van der Waals surface area contributed by atoms with E-state index in [0.717, 1.165) is 5.56 Å². The molecule has 7 nitrogen and oxygen atoms in total. The van der Waals surface area contributed by atoms with Crippen molar-refractivity contribution in [2.75, 3.05) is 12.4 Å². The van der Waals surface area contributed by atoms with Gasteiger partial charge in [0.2, 0.25) is 5.89 Å². The second kappa shape index (κ2) is 6.74. The van der Waals surface area contributed by atoms with Crippen LogP contribution in [0.25, 0.3) is 11.5 Å². The third kappa shape index (κ3) is 3.30. The zero-order chi connectivity index (χ0) is 16.9. The molecule has 3 rings (SSSR count). The molecule has 24 heavy (non-hydrogen) atoms. The zero-order valence-corrected chi connectivity index (χ0v) is 12.7. The number of oxazole rings is 1. The van der Waals surface area contributed by atoms with Crippen LogP contribution in [0.5, 0.6) is 0 Å². The fourth-order valence-electron chi connectivity index (χ4n) is 2.06. The summed E-state index contributed by atoms with van der Waals surface area (Å²) in [6.45, 7) is 0. The summed E-state index contributed by atoms with van der Waals surface area (Å²) in [6, 6.07) is 8.45. The molecule has 0 aliphatic carbocycles. The molecule has 0 saturated heterocycles. The highest BCUT2D eigenvalue weighted by molar-refractivity contribution is 6.05. The summed E-state index contributed by atoms with van der Waals surface area (Å²) < 4.78 is 9.82. The van der Waals surface area contributed by atoms with Crippen molar-refractivity contribution in [2.45, 2.75) is 0 Å². The van der Waals surface area contributed by atoms with E-state index in [1.54, 1.807) is 30.5 Å². The van der Waals surface area contributed by atoms with E-state index in [1.165, 1.54) is 31.8 Å². The van der Waals surface area contributed by atoms with E-state index in [4.69, 9.17) is 4.42 Å². The fraction of sp³-hybridized carbons (Fsp3) is 0.0588. The van der Waals surface area contributed by atoms with Crippen molar-refractivity contribution >= 4 is 17.6 Å². The Morgan fingerprint density at radius 1 is 1.12 bits per heavy atom. The average molecular weight is 323 g/mol. The van der Waals surface area contributed by atoms with Crippen molar-refractivity contribution in [3.8, 4) is 11.5 Å². The Hall–Kier alpha value is -3.48. The molecule has 1 N–H and O–H groups in total. The Bertz CT molecular complexity index is 858. The monoisotopic (exact) mass is 323 g/mol. The first-order valence-electron chi connectivity index (χ1n) is 7.02. The van der Waals surface area contributed by atoms with Gasteiger partial charge in [0.1, 0.15) is 6.26 Å². The molecule has 1 aromatic carbocycles. The number of pyridine rings is 1. The highest BCUT2D eigenvalue weighted by Crippen LogP contribution is 2.20. The number of aromatic nitrogens is 2. The molecular formula is C17H13N3O4. The largest absolute Gasteiger partial charge is 0.465 e. The lowest BCUT2D eigenvalue weighted by Gasteiger charge is -2.06. The summed E-state index contributed by atoms with van der Waals surface area (Å²) in [6.07, 6.45) is 5.77. The SMILES string of the molecule is COC(=O)c1cncc(C(=O)Nc2ccc(-c3ncco3)cc2)c1. The normalized spacial score (nSPS) is 10.2. The maximum absolute atomic E-state index is 12.3. The summed E-state index contributed by atoms with van der Waals surface area (Å²) in [7, 11) is 1.27. The lowest BCUT2D eigenvalue weighted by Crippen LogP contribution is -2.13. The topological polar surface area (TPSA) is 94.3 Å². The van der Waals surface area contributed by atoms with Crippen LogP contribution in [0, 0.1) is 0 Å². The van der Waals surface area contributed by atoms with Gasteiger partial charge in [0.15, 0.2) is 0 Å². The number of anilines is 1. The van der Waals surface area contributed by atoms with E-state index >= 15 is 0 Å². The summed E-state index contributed by atoms with van der Waals surface area (Å²) in [5, 5.41) is 2.73. The van der Waals surface area contributed by atoms with Gasteiger partial charge in [-0.2, -0.15) is 0 Å². The van der Waals surface area contributed by atoms with Gasteiger partial charge in [-0.05, 0) is 30.3 Å². The minimum Gasteiger partial charge on any atom is -0.465 e. The van der Waals surface area contributed by atoms with Crippen LogP contribution in [0.1, 0.15) is 20.7 Å². The second-order valence-electron chi connectivity index (χ2n) is 4.82. The average Bonchev–Trinajstić information content (AvgIpc) is 3.16. The number of nitrogens with zero attached hydrogens (tertiary/aromatic N) is 2. The van der Waals surface area contributed by atoms with Gasteiger partial charge in [-0.1, -0.05) is 0 Å². The minimum absolute atomic E-state index is 0.212. The zero-order valence-electron chi connectivity index (χ0n) is 12.7. The molecule has 0 unspecified atom stereocenters. The molecule has 1 amide bonds. The highest BCUT2D eigenvalue weighted by atomic mass is 16.5. The molecule has 7 heteroatoms. The van der Waals surface area contributed by atoms with Crippen LogP contribution in [0.4, 0.5) is 5.69 Å². The van der Waals surface area contributed by atoms with E-state index < -0.39 is 5.97 Å². The van der Waals surface area contributed by atoms with Gasteiger partial charge in [-0.3, -0.25) is 9.78 Å². The van der Waals surface area contributed by atoms with Gasteiger partial charge in [-0.25, -0.2) is 9.78 Å². The van der Waals surface area contributed by atoms with Crippen molar-refractivity contribution in [1.82, 2.24) is 9.97 Å². The van der Waals surface area contributed by atoms with E-state index in [9.17, 15) is 9.59 Å². The number of amides is 1. The van der Waals surface area contributed by atoms with Crippen molar-refractivity contribution in [2.24, 2.45) is 0 Å². The third-order valence-corrected chi connectivity index (χ3v) is 3.24. The van der Waals surface area contributed by atoms with Gasteiger partial charge in [0.05, 0.1) is 24.4 Å². The van der Waals surface area contributed by atoms with Crippen LogP contribution in [0.3, 0.4) is 0 Å². The van der Waals surface area contributed by atoms with Gasteiger partial charge >= 0.3 is 5.97 Å². The predicted octanol–water partition coefficient (Wildman–Crippen LogP) is 2.78. The quantitative estimate of drug-likeness (QED) is 0.742. The molecule has 2 aromatic heterocycles. The van der Waals surface area contributed by atoms with Crippen molar-refractivity contribution in [3.63, 3.8) is 0 Å². The molecule has 0 fully saturated rings. The van der Waals surface area contributed by atoms with Gasteiger partial charge in [-0.15, -0.1) is 0 Å². The first-order valence-corrected chi connectivity index (χ1v) is 7.02. The van der Waals surface area contributed by atoms with E-state index in [2.05, 4.69) is 20.0 Å². The summed E-state index contributed by atoms with van der Waals surface area (Å²) in [5.41, 5.74) is 1.87. The number of rotatable bonds is 4. The Balaban J connectivity index is 1.74. The number of benzene rings is 1. The van der Waals surface area contributed by atoms with Crippen molar-refractivity contribution in [3.05, 3.63) is 66.3 Å². The van der Waals surface area contributed by atoms with E-state index in [0.29, 0.717) is 11.6 Å². The first-order chi connectivity index (χ1) is 11.7. The number of esters is 1. The van der Waals surface area contributed by atoms with E-state index in [-0.39, 0.29) is 17.0 Å². The number of hydrogen-bond donors (Lipinski definition) is 1. The van der Waals surface area contributed by atoms with Crippen LogP contribution >= 0.6 is 0 Å². The minimum atomic E-state index is -0.549. The highest BCUT2D eigenvalue weighted by Gasteiger charge is 2.12. The van der Waals surface area contributed by atoms with Crippen molar-refractivity contribution in [1.29, 1.82) is 0 Å². The molecule has 0 atom stereocenters. The molecule has 2 heterocycles. The Morgan fingerprint density at radius 3 is 2.54 bits per heavy atom. The Labute approximate surface area is 137 Å². The molecule has 120 valence electrons. The number of methoxy groups -OCH3 is 1. The number of carbonyl (C=O) groups is 2. The number of carbonyl (C=O) groups excluding carboxylic acids is 2. The fourth-order valence-corrected chi connectivity index (χ4v) is 2.06. The molecule has 0 spiro atoms. The van der Waals surface area contributed by atoms with Crippen LogP contribution in [0.2, 0.25) is 0 Å². The van der Waals surface area contributed by atoms with Gasteiger partial charge < -0.3 is 14.5 Å². The molecule has 0 aliphatic rings. The smallest absolute Gasteiger partial charge is 0.339 e. The third-order valence-electron chi connectivity index (χ3n) is 3.24. The number of nitrogens with one attached hydrogen (secondary N) is 1. The summed E-state index contributed by atoms with van der Waals surface area (Å²) in [5.74, 6) is -0.424. The Morgan fingerprint density at radius 2 is 1.88 bits per heavy atom. The number of hydrogen-bond acceptors (Lipinski definition) is 6. The summed E-state index contributed by atoms with van der Waals surface area (Å²) in [4.78, 5) is 31.7. The molecule has 3 aromatic rings. The van der Waals surface area contributed by atoms with Crippen LogP contribution in [0.15, 0.2) is 59.6 Å². The van der Waals surface area contributed by atoms with Gasteiger partial charge in [0, 0.05) is 23.6 Å². The molecule has 0 saturated carbocycles. The van der Waals surface area contributed by atoms with Gasteiger partial charge in [0.25, 0.3) is 5.91 Å². The van der Waals surface area contributed by atoms with Crippen LogP contribution in [-0.4, -0.2) is 29.0 Å². The van der Waals surface area contributed by atoms with Crippen molar-refractivity contribution < 1.29 is 18.7 Å². The van der Waals surface area contributed by atoms with Crippen LogP contribution < -0.4 is 5.32 Å². The first kappa shape index (κ1) is 15.4. The molecule has 0 aliphatic heterocycles. The molecule has 0 bridgehead atoms. The van der Waals surface area contributed by atoms with Crippen LogP contribution in [-0.2, 0) is 4.74 Å². The lowest BCUT2D eigenvalue weighted by atomic mass is 10.1. The summed E-state index contributed by atoms with van der Waals surface area (Å²) >= 11 is 0.